The zero-order valence-electron chi connectivity index (χ0n) is 14.1. The van der Waals surface area contributed by atoms with Gasteiger partial charge in [0, 0.05) is 42.9 Å². The van der Waals surface area contributed by atoms with Gasteiger partial charge in [-0.05, 0) is 31.5 Å². The number of piperazine rings is 1. The van der Waals surface area contributed by atoms with Crippen LogP contribution >= 0.6 is 11.6 Å². The van der Waals surface area contributed by atoms with Crippen molar-refractivity contribution < 1.29 is 0 Å². The molecule has 1 aliphatic rings. The molecule has 0 aliphatic carbocycles. The number of benzene rings is 1. The Hall–Kier alpha value is -2.08. The summed E-state index contributed by atoms with van der Waals surface area (Å²) in [4.78, 5) is 9.19. The molecule has 1 aromatic heterocycles. The average molecular weight is 347 g/mol. The number of hydrogen-bond donors (Lipinski definition) is 1. The van der Waals surface area contributed by atoms with E-state index in [2.05, 4.69) is 50.2 Å². The third kappa shape index (κ3) is 4.06. The van der Waals surface area contributed by atoms with Gasteiger partial charge in [0.2, 0.25) is 5.95 Å². The largest absolute Gasteiger partial charge is 0.368 e. The lowest BCUT2D eigenvalue weighted by atomic mass is 10.2. The van der Waals surface area contributed by atoms with E-state index in [1.165, 1.54) is 5.69 Å². The van der Waals surface area contributed by atoms with Crippen LogP contribution in [0.3, 0.4) is 0 Å². The van der Waals surface area contributed by atoms with Crippen molar-refractivity contribution in [2.45, 2.75) is 26.3 Å². The number of halogens is 1. The summed E-state index contributed by atoms with van der Waals surface area (Å²) < 4.78 is 0. The van der Waals surface area contributed by atoms with Gasteiger partial charge in [0.1, 0.15) is 0 Å². The van der Waals surface area contributed by atoms with Crippen LogP contribution < -0.4 is 15.1 Å². The summed E-state index contributed by atoms with van der Waals surface area (Å²) in [6.07, 6.45) is 2.75. The monoisotopic (exact) mass is 346 g/mol. The van der Waals surface area contributed by atoms with Gasteiger partial charge >= 0.3 is 0 Å². The van der Waals surface area contributed by atoms with Crippen LogP contribution in [-0.2, 0) is 0 Å². The average Bonchev–Trinajstić information content (AvgIpc) is 2.62. The second kappa shape index (κ2) is 7.66. The Labute approximate surface area is 147 Å². The molecule has 1 atom stereocenters. The van der Waals surface area contributed by atoms with E-state index in [9.17, 15) is 0 Å². The van der Waals surface area contributed by atoms with Gasteiger partial charge in [-0.25, -0.2) is 0 Å². The van der Waals surface area contributed by atoms with E-state index in [-0.39, 0.29) is 0 Å². The van der Waals surface area contributed by atoms with Crippen LogP contribution in [0.5, 0.6) is 0 Å². The van der Waals surface area contributed by atoms with Gasteiger partial charge in [0.25, 0.3) is 0 Å². The zero-order chi connectivity index (χ0) is 16.9. The third-order valence-corrected chi connectivity index (χ3v) is 4.55. The molecule has 0 bridgehead atoms. The molecule has 24 heavy (non-hydrogen) atoms. The summed E-state index contributed by atoms with van der Waals surface area (Å²) in [5.74, 6) is 1.47. The molecule has 0 radical (unpaired) electrons. The van der Waals surface area contributed by atoms with Crippen LogP contribution in [0.15, 0.2) is 30.5 Å². The first kappa shape index (κ1) is 16.8. The minimum absolute atomic E-state index is 0.335. The fourth-order valence-corrected chi connectivity index (χ4v) is 2.88. The Morgan fingerprint density at radius 2 is 1.96 bits per heavy atom. The molecule has 1 fully saturated rings. The summed E-state index contributed by atoms with van der Waals surface area (Å²) in [5.41, 5.74) is 1.17. The number of rotatable bonds is 5. The maximum atomic E-state index is 6.09. The molecule has 3 rings (SSSR count). The van der Waals surface area contributed by atoms with E-state index < -0.39 is 0 Å². The van der Waals surface area contributed by atoms with E-state index in [1.807, 2.05) is 18.2 Å². The predicted octanol–water partition coefficient (Wildman–Crippen LogP) is 3.06. The van der Waals surface area contributed by atoms with Crippen molar-refractivity contribution in [1.82, 2.24) is 15.2 Å². The molecular weight excluding hydrogens is 324 g/mol. The molecule has 1 unspecified atom stereocenters. The van der Waals surface area contributed by atoms with E-state index in [4.69, 9.17) is 11.6 Å². The molecule has 0 amide bonds. The molecule has 2 aromatic rings. The topological polar surface area (TPSA) is 57.2 Å². The molecule has 0 saturated carbocycles. The van der Waals surface area contributed by atoms with Crippen molar-refractivity contribution in [1.29, 1.82) is 0 Å². The molecule has 2 heterocycles. The maximum absolute atomic E-state index is 6.09. The standard InChI is InChI=1S/C17H23ClN6/c1-3-13(2)20-17-21-16(12-19-22-17)24-9-7-23(8-10-24)15-6-4-5-14(18)11-15/h4-6,11-13H,3,7-10H2,1-2H3,(H,20,21,22). The van der Waals surface area contributed by atoms with Gasteiger partial charge in [-0.3, -0.25) is 0 Å². The Balaban J connectivity index is 1.63. The highest BCUT2D eigenvalue weighted by atomic mass is 35.5. The molecule has 7 heteroatoms. The molecule has 1 aromatic carbocycles. The van der Waals surface area contributed by atoms with Crippen molar-refractivity contribution >= 4 is 29.1 Å². The van der Waals surface area contributed by atoms with Gasteiger partial charge in [-0.2, -0.15) is 10.1 Å². The predicted molar refractivity (Wildman–Crippen MR) is 99.1 cm³/mol. The summed E-state index contributed by atoms with van der Waals surface area (Å²) in [5, 5.41) is 12.2. The number of anilines is 3. The highest BCUT2D eigenvalue weighted by molar-refractivity contribution is 6.30. The van der Waals surface area contributed by atoms with Crippen molar-refractivity contribution in [2.75, 3.05) is 41.3 Å². The van der Waals surface area contributed by atoms with Crippen LogP contribution in [0.2, 0.25) is 5.02 Å². The highest BCUT2D eigenvalue weighted by Gasteiger charge is 2.19. The number of aromatic nitrogens is 3. The van der Waals surface area contributed by atoms with Crippen LogP contribution in [0.4, 0.5) is 17.5 Å². The van der Waals surface area contributed by atoms with Gasteiger partial charge in [-0.15, -0.1) is 5.10 Å². The molecule has 6 nitrogen and oxygen atoms in total. The zero-order valence-corrected chi connectivity index (χ0v) is 14.9. The first-order valence-corrected chi connectivity index (χ1v) is 8.75. The molecule has 1 saturated heterocycles. The van der Waals surface area contributed by atoms with E-state index >= 15 is 0 Å². The molecular formula is C17H23ClN6. The number of nitrogens with one attached hydrogen (secondary N) is 1. The second-order valence-corrected chi connectivity index (χ2v) is 6.48. The number of nitrogens with zero attached hydrogens (tertiary/aromatic N) is 5. The summed E-state index contributed by atoms with van der Waals surface area (Å²) in [7, 11) is 0. The summed E-state index contributed by atoms with van der Waals surface area (Å²) in [6, 6.07) is 8.34. The molecule has 1 aliphatic heterocycles. The second-order valence-electron chi connectivity index (χ2n) is 6.05. The first-order valence-electron chi connectivity index (χ1n) is 8.37. The van der Waals surface area contributed by atoms with E-state index in [1.54, 1.807) is 6.20 Å². The lowest BCUT2D eigenvalue weighted by molar-refractivity contribution is 0.643. The van der Waals surface area contributed by atoms with Crippen molar-refractivity contribution in [2.24, 2.45) is 0 Å². The lowest BCUT2D eigenvalue weighted by Gasteiger charge is -2.36. The summed E-state index contributed by atoms with van der Waals surface area (Å²) in [6.45, 7) is 7.89. The minimum Gasteiger partial charge on any atom is -0.368 e. The SMILES string of the molecule is CCC(C)Nc1nncc(N2CCN(c3cccc(Cl)c3)CC2)n1. The van der Waals surface area contributed by atoms with Crippen molar-refractivity contribution in [3.63, 3.8) is 0 Å². The minimum atomic E-state index is 0.335. The van der Waals surface area contributed by atoms with E-state index in [0.717, 1.165) is 43.4 Å². The molecule has 1 N–H and O–H groups in total. The molecule has 128 valence electrons. The molecule has 0 spiro atoms. The van der Waals surface area contributed by atoms with Gasteiger partial charge in [0.15, 0.2) is 5.82 Å². The fraction of sp³-hybridized carbons (Fsp3) is 0.471. The van der Waals surface area contributed by atoms with Gasteiger partial charge in [-0.1, -0.05) is 24.6 Å². The highest BCUT2D eigenvalue weighted by Crippen LogP contribution is 2.22. The van der Waals surface area contributed by atoms with Crippen LogP contribution in [0.25, 0.3) is 0 Å². The normalized spacial score (nSPS) is 16.1. The Kier molecular flexibility index (Phi) is 5.35. The maximum Gasteiger partial charge on any atom is 0.244 e. The summed E-state index contributed by atoms with van der Waals surface area (Å²) >= 11 is 6.09. The fourth-order valence-electron chi connectivity index (χ4n) is 2.70. The first-order chi connectivity index (χ1) is 11.7. The van der Waals surface area contributed by atoms with Crippen LogP contribution in [0, 0.1) is 0 Å². The number of hydrogen-bond acceptors (Lipinski definition) is 6. The van der Waals surface area contributed by atoms with Gasteiger partial charge < -0.3 is 15.1 Å². The third-order valence-electron chi connectivity index (χ3n) is 4.31. The van der Waals surface area contributed by atoms with Crippen LogP contribution in [0.1, 0.15) is 20.3 Å². The Morgan fingerprint density at radius 3 is 2.67 bits per heavy atom. The lowest BCUT2D eigenvalue weighted by Crippen LogP contribution is -2.47. The van der Waals surface area contributed by atoms with Crippen molar-refractivity contribution in [3.05, 3.63) is 35.5 Å². The smallest absolute Gasteiger partial charge is 0.244 e. The van der Waals surface area contributed by atoms with Crippen LogP contribution in [-0.4, -0.2) is 47.4 Å². The Bertz CT molecular complexity index is 672. The van der Waals surface area contributed by atoms with E-state index in [0.29, 0.717) is 12.0 Å². The van der Waals surface area contributed by atoms with Gasteiger partial charge in [0.05, 0.1) is 6.20 Å². The van der Waals surface area contributed by atoms with Crippen molar-refractivity contribution in [3.8, 4) is 0 Å². The quantitative estimate of drug-likeness (QED) is 0.898. The Morgan fingerprint density at radius 1 is 1.21 bits per heavy atom.